The van der Waals surface area contributed by atoms with Crippen molar-refractivity contribution in [2.75, 3.05) is 26.2 Å². The number of carbonyl (C=O) groups excluding carboxylic acids is 1. The molecule has 20 heavy (non-hydrogen) atoms. The Morgan fingerprint density at radius 3 is 2.85 bits per heavy atom. The Kier molecular flexibility index (Phi) is 7.01. The average molecular weight is 280 g/mol. The van der Waals surface area contributed by atoms with Gasteiger partial charge in [-0.3, -0.25) is 4.79 Å². The molecule has 0 aromatic rings. The fraction of sp³-hybridized carbons (Fsp3) is 0.875. The lowest BCUT2D eigenvalue weighted by Gasteiger charge is -2.31. The highest BCUT2D eigenvalue weighted by Gasteiger charge is 2.26. The average Bonchev–Trinajstić information content (AvgIpc) is 2.44. The number of hydrogen-bond acceptors (Lipinski definition) is 4. The molecule has 0 radical (unpaired) electrons. The molecule has 0 N–H and O–H groups in total. The van der Waals surface area contributed by atoms with Crippen molar-refractivity contribution in [2.24, 2.45) is 11.3 Å². The first kappa shape index (κ1) is 17.0. The van der Waals surface area contributed by atoms with Crippen molar-refractivity contribution in [2.45, 2.75) is 52.9 Å². The molecule has 1 rings (SSSR count). The number of unbranched alkanes of at least 4 members (excludes halogenated alkanes) is 1. The number of nitrogens with zero attached hydrogens (tertiary/aromatic N) is 2. The summed E-state index contributed by atoms with van der Waals surface area (Å²) in [6, 6.07) is 2.34. The Labute approximate surface area is 123 Å². The molecule has 0 unspecified atom stereocenters. The largest absolute Gasteiger partial charge is 0.466 e. The first-order chi connectivity index (χ1) is 9.48. The second-order valence-corrected chi connectivity index (χ2v) is 6.34. The lowest BCUT2D eigenvalue weighted by atomic mass is 9.89. The maximum absolute atomic E-state index is 11.8. The van der Waals surface area contributed by atoms with Gasteiger partial charge in [0.2, 0.25) is 0 Å². The topological polar surface area (TPSA) is 53.3 Å². The van der Waals surface area contributed by atoms with Crippen molar-refractivity contribution in [3.05, 3.63) is 0 Å². The maximum atomic E-state index is 11.8. The summed E-state index contributed by atoms with van der Waals surface area (Å²) in [7, 11) is 0. The second kappa shape index (κ2) is 8.26. The fourth-order valence-corrected chi connectivity index (χ4v) is 2.67. The van der Waals surface area contributed by atoms with E-state index in [1.54, 1.807) is 0 Å². The minimum atomic E-state index is -0.213. The molecule has 1 atom stereocenters. The van der Waals surface area contributed by atoms with E-state index in [9.17, 15) is 4.79 Å². The van der Waals surface area contributed by atoms with Gasteiger partial charge in [-0.15, -0.1) is 0 Å². The number of piperidine rings is 1. The molecule has 0 bridgehead atoms. The van der Waals surface area contributed by atoms with E-state index < -0.39 is 0 Å². The van der Waals surface area contributed by atoms with E-state index in [1.807, 2.05) is 20.8 Å². The monoisotopic (exact) mass is 280 g/mol. The van der Waals surface area contributed by atoms with Crippen molar-refractivity contribution < 1.29 is 9.53 Å². The Balaban J connectivity index is 2.24. The Morgan fingerprint density at radius 2 is 2.20 bits per heavy atom. The molecule has 0 aliphatic carbocycles. The Hall–Kier alpha value is -1.08. The summed E-state index contributed by atoms with van der Waals surface area (Å²) in [6.45, 7) is 9.25. The van der Waals surface area contributed by atoms with Gasteiger partial charge >= 0.3 is 5.97 Å². The molecule has 0 aromatic carbocycles. The van der Waals surface area contributed by atoms with Crippen LogP contribution in [0, 0.1) is 22.7 Å². The van der Waals surface area contributed by atoms with Crippen LogP contribution in [0.15, 0.2) is 0 Å². The number of likely N-dealkylation sites (tertiary alicyclic amines) is 1. The van der Waals surface area contributed by atoms with Gasteiger partial charge in [-0.1, -0.05) is 6.42 Å². The van der Waals surface area contributed by atoms with Crippen LogP contribution in [-0.2, 0) is 9.53 Å². The summed E-state index contributed by atoms with van der Waals surface area (Å²) in [5.41, 5.74) is -0.213. The highest BCUT2D eigenvalue weighted by molar-refractivity contribution is 5.72. The van der Waals surface area contributed by atoms with Gasteiger partial charge in [0.25, 0.3) is 0 Å². The van der Waals surface area contributed by atoms with E-state index in [2.05, 4.69) is 11.0 Å². The quantitative estimate of drug-likeness (QED) is 0.531. The molecule has 114 valence electrons. The summed E-state index contributed by atoms with van der Waals surface area (Å²) in [5, 5.41) is 8.98. The highest BCUT2D eigenvalue weighted by Crippen LogP contribution is 2.23. The van der Waals surface area contributed by atoms with Crippen LogP contribution in [0.3, 0.4) is 0 Å². The normalized spacial score (nSPS) is 20.4. The van der Waals surface area contributed by atoms with Gasteiger partial charge in [-0.2, -0.15) is 5.26 Å². The first-order valence-electron chi connectivity index (χ1n) is 7.79. The predicted octanol–water partition coefficient (Wildman–Crippen LogP) is 2.98. The molecule has 0 aromatic heterocycles. The van der Waals surface area contributed by atoms with Crippen LogP contribution in [-0.4, -0.2) is 37.1 Å². The molecule has 1 saturated heterocycles. The summed E-state index contributed by atoms with van der Waals surface area (Å²) >= 11 is 0. The zero-order valence-electron chi connectivity index (χ0n) is 13.2. The van der Waals surface area contributed by atoms with Gasteiger partial charge < -0.3 is 9.64 Å². The number of nitriles is 1. The number of hydrogen-bond donors (Lipinski definition) is 0. The molecule has 0 spiro atoms. The van der Waals surface area contributed by atoms with Gasteiger partial charge in [0.15, 0.2) is 0 Å². The minimum Gasteiger partial charge on any atom is -0.466 e. The van der Waals surface area contributed by atoms with Crippen LogP contribution in [0.1, 0.15) is 52.9 Å². The van der Waals surface area contributed by atoms with Gasteiger partial charge in [0.05, 0.1) is 24.0 Å². The zero-order chi connectivity index (χ0) is 15.0. The smallest absolute Gasteiger partial charge is 0.310 e. The standard InChI is InChI=1S/C16H28N2O2/c1-4-20-15(19)14-8-7-11-18(12-14)10-6-5-9-16(2,3)13-17/h14H,4-12H2,1-3H3/t14-/m1/s1. The molecule has 0 saturated carbocycles. The van der Waals surface area contributed by atoms with Gasteiger partial charge in [0, 0.05) is 6.54 Å². The van der Waals surface area contributed by atoms with Crippen molar-refractivity contribution in [1.82, 2.24) is 4.90 Å². The van der Waals surface area contributed by atoms with Crippen molar-refractivity contribution in [3.8, 4) is 6.07 Å². The SMILES string of the molecule is CCOC(=O)[C@@H]1CCCN(CCCCC(C)(C)C#N)C1. The molecule has 1 aliphatic heterocycles. The van der Waals surface area contributed by atoms with Gasteiger partial charge in [0.1, 0.15) is 0 Å². The van der Waals surface area contributed by atoms with Crippen LogP contribution in [0.4, 0.5) is 0 Å². The molecule has 4 heteroatoms. The predicted molar refractivity (Wildman–Crippen MR) is 79.0 cm³/mol. The number of ether oxygens (including phenoxy) is 1. The summed E-state index contributed by atoms with van der Waals surface area (Å²) in [6.07, 6.45) is 5.14. The summed E-state index contributed by atoms with van der Waals surface area (Å²) in [4.78, 5) is 14.1. The highest BCUT2D eigenvalue weighted by atomic mass is 16.5. The van der Waals surface area contributed by atoms with Crippen LogP contribution < -0.4 is 0 Å². The lowest BCUT2D eigenvalue weighted by Crippen LogP contribution is -2.39. The second-order valence-electron chi connectivity index (χ2n) is 6.34. The Morgan fingerprint density at radius 1 is 1.45 bits per heavy atom. The molecule has 4 nitrogen and oxygen atoms in total. The molecular formula is C16H28N2O2. The fourth-order valence-electron chi connectivity index (χ4n) is 2.67. The van der Waals surface area contributed by atoms with E-state index in [0.717, 1.165) is 51.7 Å². The van der Waals surface area contributed by atoms with Crippen molar-refractivity contribution in [3.63, 3.8) is 0 Å². The van der Waals surface area contributed by atoms with Gasteiger partial charge in [-0.25, -0.2) is 0 Å². The lowest BCUT2D eigenvalue weighted by molar-refractivity contribution is -0.149. The Bertz CT molecular complexity index is 347. The van der Waals surface area contributed by atoms with E-state index in [4.69, 9.17) is 10.00 Å². The first-order valence-corrected chi connectivity index (χ1v) is 7.79. The molecule has 1 fully saturated rings. The number of carbonyl (C=O) groups is 1. The maximum Gasteiger partial charge on any atom is 0.310 e. The van der Waals surface area contributed by atoms with E-state index in [1.165, 1.54) is 0 Å². The van der Waals surface area contributed by atoms with E-state index >= 15 is 0 Å². The van der Waals surface area contributed by atoms with Crippen LogP contribution >= 0.6 is 0 Å². The molecule has 0 amide bonds. The third-order valence-corrected chi connectivity index (χ3v) is 3.95. The third-order valence-electron chi connectivity index (χ3n) is 3.95. The third kappa shape index (κ3) is 5.92. The number of rotatable bonds is 7. The molecule has 1 heterocycles. The van der Waals surface area contributed by atoms with Gasteiger partial charge in [-0.05, 0) is 59.5 Å². The van der Waals surface area contributed by atoms with Crippen molar-refractivity contribution >= 4 is 5.97 Å². The van der Waals surface area contributed by atoms with Crippen molar-refractivity contribution in [1.29, 1.82) is 5.26 Å². The van der Waals surface area contributed by atoms with Crippen LogP contribution in [0.2, 0.25) is 0 Å². The van der Waals surface area contributed by atoms with E-state index in [-0.39, 0.29) is 17.3 Å². The number of esters is 1. The molecule has 1 aliphatic rings. The summed E-state index contributed by atoms with van der Waals surface area (Å²) in [5.74, 6) is 0.0158. The summed E-state index contributed by atoms with van der Waals surface area (Å²) < 4.78 is 5.11. The van der Waals surface area contributed by atoms with Crippen LogP contribution in [0.25, 0.3) is 0 Å². The minimum absolute atomic E-state index is 0.0391. The molecular weight excluding hydrogens is 252 g/mol. The zero-order valence-corrected chi connectivity index (χ0v) is 13.2. The van der Waals surface area contributed by atoms with E-state index in [0.29, 0.717) is 6.61 Å². The van der Waals surface area contributed by atoms with Crippen LogP contribution in [0.5, 0.6) is 0 Å².